The van der Waals surface area contributed by atoms with Crippen molar-refractivity contribution < 1.29 is 4.79 Å². The largest absolute Gasteiger partial charge is 0.357 e. The summed E-state index contributed by atoms with van der Waals surface area (Å²) in [5, 5.41) is 6.95. The Hall–Kier alpha value is -1.02. The molecular weight excluding hydrogens is 427 g/mol. The van der Waals surface area contributed by atoms with Crippen molar-refractivity contribution in [2.45, 2.75) is 26.3 Å². The van der Waals surface area contributed by atoms with Crippen molar-refractivity contribution >= 4 is 47.4 Å². The maximum absolute atomic E-state index is 12.0. The van der Waals surface area contributed by atoms with Crippen molar-refractivity contribution in [1.82, 2.24) is 15.5 Å². The van der Waals surface area contributed by atoms with Gasteiger partial charge in [0.2, 0.25) is 5.91 Å². The van der Waals surface area contributed by atoms with Crippen molar-refractivity contribution in [3.8, 4) is 0 Å². The van der Waals surface area contributed by atoms with E-state index in [9.17, 15) is 4.79 Å². The Morgan fingerprint density at radius 3 is 2.70 bits per heavy atom. The van der Waals surface area contributed by atoms with E-state index in [1.165, 1.54) is 0 Å². The summed E-state index contributed by atoms with van der Waals surface area (Å²) in [5.74, 6) is 0.779. The van der Waals surface area contributed by atoms with Gasteiger partial charge in [-0.15, -0.1) is 24.0 Å². The number of guanidine groups is 1. The summed E-state index contributed by atoms with van der Waals surface area (Å²) in [7, 11) is 0. The smallest absolute Gasteiger partial charge is 0.241 e. The number of benzene rings is 1. The van der Waals surface area contributed by atoms with Gasteiger partial charge in [-0.1, -0.05) is 23.7 Å². The molecule has 128 valence electrons. The molecule has 7 heteroatoms. The summed E-state index contributed by atoms with van der Waals surface area (Å²) in [6.45, 7) is 5.29. The van der Waals surface area contributed by atoms with Crippen molar-refractivity contribution in [2.24, 2.45) is 4.99 Å². The average Bonchev–Trinajstić information content (AvgIpc) is 3.04. The van der Waals surface area contributed by atoms with Gasteiger partial charge in [0.25, 0.3) is 0 Å². The van der Waals surface area contributed by atoms with E-state index in [1.54, 1.807) is 0 Å². The molecule has 0 unspecified atom stereocenters. The van der Waals surface area contributed by atoms with Gasteiger partial charge in [-0.25, -0.2) is 4.99 Å². The number of hydrogen-bond donors (Lipinski definition) is 2. The lowest BCUT2D eigenvalue weighted by Gasteiger charge is -2.17. The number of halogens is 2. The van der Waals surface area contributed by atoms with Gasteiger partial charge in [0.15, 0.2) is 5.96 Å². The fourth-order valence-electron chi connectivity index (χ4n) is 2.39. The first-order valence-corrected chi connectivity index (χ1v) is 8.11. The van der Waals surface area contributed by atoms with Crippen LogP contribution in [-0.4, -0.2) is 42.9 Å². The average molecular weight is 451 g/mol. The minimum atomic E-state index is 0. The maximum Gasteiger partial charge on any atom is 0.241 e. The summed E-state index contributed by atoms with van der Waals surface area (Å²) in [4.78, 5) is 18.4. The second kappa shape index (κ2) is 10.7. The van der Waals surface area contributed by atoms with Crippen LogP contribution in [0.1, 0.15) is 25.3 Å². The van der Waals surface area contributed by atoms with Gasteiger partial charge in [0.1, 0.15) is 0 Å². The molecule has 1 aliphatic rings. The van der Waals surface area contributed by atoms with Gasteiger partial charge >= 0.3 is 0 Å². The summed E-state index contributed by atoms with van der Waals surface area (Å²) in [6, 6.07) is 7.62. The molecule has 0 aromatic heterocycles. The Labute approximate surface area is 159 Å². The van der Waals surface area contributed by atoms with Crippen LogP contribution in [0.3, 0.4) is 0 Å². The van der Waals surface area contributed by atoms with Crippen LogP contribution in [0.15, 0.2) is 29.3 Å². The summed E-state index contributed by atoms with van der Waals surface area (Å²) in [6.07, 6.45) is 2.21. The normalized spacial score (nSPS) is 14.3. The van der Waals surface area contributed by atoms with Crippen molar-refractivity contribution in [2.75, 3.05) is 26.2 Å². The summed E-state index contributed by atoms with van der Waals surface area (Å²) >= 11 is 5.97. The van der Waals surface area contributed by atoms with Gasteiger partial charge in [0.05, 0.1) is 13.1 Å². The Morgan fingerprint density at radius 1 is 1.30 bits per heavy atom. The third kappa shape index (κ3) is 6.95. The van der Waals surface area contributed by atoms with E-state index in [0.717, 1.165) is 38.0 Å². The molecule has 23 heavy (non-hydrogen) atoms. The lowest BCUT2D eigenvalue weighted by Crippen LogP contribution is -2.44. The standard InChI is InChI=1S/C16H23ClN4O.HI/c1-2-18-16(19-11-13-6-5-7-14(17)10-13)20-12-15(22)21-8-3-4-9-21;/h5-7,10H,2-4,8-9,11-12H2,1H3,(H2,18,19,20);1H. The number of nitrogens with zero attached hydrogens (tertiary/aromatic N) is 2. The van der Waals surface area contributed by atoms with Crippen molar-refractivity contribution in [3.63, 3.8) is 0 Å². The highest BCUT2D eigenvalue weighted by Crippen LogP contribution is 2.11. The zero-order valence-electron chi connectivity index (χ0n) is 13.3. The Morgan fingerprint density at radius 2 is 2.04 bits per heavy atom. The van der Waals surface area contributed by atoms with Crippen LogP contribution in [0.5, 0.6) is 0 Å². The minimum Gasteiger partial charge on any atom is -0.357 e. The molecule has 5 nitrogen and oxygen atoms in total. The first-order valence-electron chi connectivity index (χ1n) is 7.73. The SMILES string of the molecule is CCNC(=NCc1cccc(Cl)c1)NCC(=O)N1CCCC1.I. The number of rotatable bonds is 5. The van der Waals surface area contributed by atoms with E-state index >= 15 is 0 Å². The second-order valence-corrected chi connectivity index (χ2v) is 5.70. The zero-order valence-corrected chi connectivity index (χ0v) is 16.4. The molecule has 1 aromatic rings. The van der Waals surface area contributed by atoms with E-state index in [-0.39, 0.29) is 36.4 Å². The highest BCUT2D eigenvalue weighted by atomic mass is 127. The number of aliphatic imine (C=N–C) groups is 1. The molecule has 0 spiro atoms. The van der Waals surface area contributed by atoms with Crippen LogP contribution in [0.4, 0.5) is 0 Å². The number of hydrogen-bond acceptors (Lipinski definition) is 2. The van der Waals surface area contributed by atoms with Crippen LogP contribution in [0, 0.1) is 0 Å². The van der Waals surface area contributed by atoms with Gasteiger partial charge in [-0.2, -0.15) is 0 Å². The molecule has 2 N–H and O–H groups in total. The van der Waals surface area contributed by atoms with Crippen LogP contribution >= 0.6 is 35.6 Å². The molecule has 0 bridgehead atoms. The summed E-state index contributed by atoms with van der Waals surface area (Å²) < 4.78 is 0. The fourth-order valence-corrected chi connectivity index (χ4v) is 2.60. The third-order valence-corrected chi connectivity index (χ3v) is 3.75. The van der Waals surface area contributed by atoms with Crippen molar-refractivity contribution in [3.05, 3.63) is 34.9 Å². The van der Waals surface area contributed by atoms with E-state index in [1.807, 2.05) is 36.1 Å². The predicted octanol–water partition coefficient (Wildman–Crippen LogP) is 2.64. The van der Waals surface area contributed by atoms with E-state index in [4.69, 9.17) is 11.6 Å². The number of carbonyl (C=O) groups is 1. The molecule has 1 aromatic carbocycles. The van der Waals surface area contributed by atoms with Crippen LogP contribution in [-0.2, 0) is 11.3 Å². The number of nitrogens with one attached hydrogen (secondary N) is 2. The fraction of sp³-hybridized carbons (Fsp3) is 0.500. The highest BCUT2D eigenvalue weighted by Gasteiger charge is 2.17. The molecule has 1 fully saturated rings. The molecule has 1 amide bonds. The number of likely N-dealkylation sites (tertiary alicyclic amines) is 1. The quantitative estimate of drug-likeness (QED) is 0.412. The first kappa shape index (κ1) is 20.0. The monoisotopic (exact) mass is 450 g/mol. The van der Waals surface area contributed by atoms with Crippen LogP contribution < -0.4 is 10.6 Å². The van der Waals surface area contributed by atoms with E-state index in [0.29, 0.717) is 17.5 Å². The molecule has 0 radical (unpaired) electrons. The Bertz CT molecular complexity index is 533. The highest BCUT2D eigenvalue weighted by molar-refractivity contribution is 14.0. The number of carbonyl (C=O) groups excluding carboxylic acids is 1. The maximum atomic E-state index is 12.0. The minimum absolute atomic E-state index is 0. The molecule has 1 heterocycles. The molecule has 1 aliphatic heterocycles. The first-order chi connectivity index (χ1) is 10.7. The molecule has 0 saturated carbocycles. The Balaban J connectivity index is 0.00000264. The molecular formula is C16H24ClIN4O. The van der Waals surface area contributed by atoms with E-state index in [2.05, 4.69) is 15.6 Å². The van der Waals surface area contributed by atoms with Crippen LogP contribution in [0.25, 0.3) is 0 Å². The zero-order chi connectivity index (χ0) is 15.8. The predicted molar refractivity (Wildman–Crippen MR) is 105 cm³/mol. The lowest BCUT2D eigenvalue weighted by atomic mass is 10.2. The second-order valence-electron chi connectivity index (χ2n) is 5.27. The molecule has 2 rings (SSSR count). The van der Waals surface area contributed by atoms with E-state index < -0.39 is 0 Å². The lowest BCUT2D eigenvalue weighted by molar-refractivity contribution is -0.128. The summed E-state index contributed by atoms with van der Waals surface area (Å²) in [5.41, 5.74) is 1.04. The van der Waals surface area contributed by atoms with Gasteiger partial charge in [0, 0.05) is 24.7 Å². The topological polar surface area (TPSA) is 56.7 Å². The molecule has 0 aliphatic carbocycles. The molecule has 1 saturated heterocycles. The van der Waals surface area contributed by atoms with Crippen LogP contribution in [0.2, 0.25) is 5.02 Å². The van der Waals surface area contributed by atoms with Crippen molar-refractivity contribution in [1.29, 1.82) is 0 Å². The number of amides is 1. The van der Waals surface area contributed by atoms with Gasteiger partial charge < -0.3 is 15.5 Å². The Kier molecular flexibility index (Phi) is 9.31. The third-order valence-electron chi connectivity index (χ3n) is 3.52. The molecule has 0 atom stereocenters. The van der Waals surface area contributed by atoms with Gasteiger partial charge in [-0.3, -0.25) is 4.79 Å². The van der Waals surface area contributed by atoms with Gasteiger partial charge in [-0.05, 0) is 37.5 Å².